The van der Waals surface area contributed by atoms with Gasteiger partial charge in [0, 0.05) is 24.7 Å². The predicted molar refractivity (Wildman–Crippen MR) is 69.7 cm³/mol. The maximum absolute atomic E-state index is 12.0. The minimum atomic E-state index is 0.0204. The summed E-state index contributed by atoms with van der Waals surface area (Å²) in [5.74, 6) is 5.77. The number of nitrogens with zero attached hydrogens (tertiary/aromatic N) is 1. The van der Waals surface area contributed by atoms with Gasteiger partial charge in [-0.3, -0.25) is 4.79 Å². The Bertz CT molecular complexity index is 469. The van der Waals surface area contributed by atoms with Gasteiger partial charge in [-0.1, -0.05) is 11.8 Å². The topological polar surface area (TPSA) is 46.3 Å². The van der Waals surface area contributed by atoms with Crippen molar-refractivity contribution in [2.75, 3.05) is 20.1 Å². The average molecular weight is 230 g/mol. The van der Waals surface area contributed by atoms with Crippen molar-refractivity contribution in [2.24, 2.45) is 5.73 Å². The minimum absolute atomic E-state index is 0.0204. The van der Waals surface area contributed by atoms with Crippen LogP contribution in [0.15, 0.2) is 18.2 Å². The van der Waals surface area contributed by atoms with Crippen molar-refractivity contribution >= 4 is 5.91 Å². The summed E-state index contributed by atoms with van der Waals surface area (Å²) in [5, 5.41) is 0. The van der Waals surface area contributed by atoms with Gasteiger partial charge in [-0.05, 0) is 37.6 Å². The number of carbonyl (C=O) groups is 1. The Balaban J connectivity index is 3.09. The predicted octanol–water partition coefficient (Wildman–Crippen LogP) is 1.40. The molecule has 0 saturated heterocycles. The zero-order chi connectivity index (χ0) is 12.8. The van der Waals surface area contributed by atoms with E-state index in [0.29, 0.717) is 18.7 Å². The van der Waals surface area contributed by atoms with Crippen LogP contribution in [0.25, 0.3) is 0 Å². The van der Waals surface area contributed by atoms with Crippen LogP contribution in [-0.2, 0) is 0 Å². The van der Waals surface area contributed by atoms with Gasteiger partial charge < -0.3 is 10.6 Å². The number of benzene rings is 1. The number of hydrogen-bond donors (Lipinski definition) is 1. The fourth-order valence-corrected chi connectivity index (χ4v) is 1.50. The second-order valence-electron chi connectivity index (χ2n) is 3.91. The zero-order valence-electron chi connectivity index (χ0n) is 10.6. The molecule has 0 saturated carbocycles. The molecule has 0 spiro atoms. The average Bonchev–Trinajstić information content (AvgIpc) is 2.33. The van der Waals surface area contributed by atoms with E-state index in [1.165, 1.54) is 0 Å². The molecule has 0 unspecified atom stereocenters. The Morgan fingerprint density at radius 2 is 2.12 bits per heavy atom. The van der Waals surface area contributed by atoms with E-state index in [1.807, 2.05) is 32.0 Å². The van der Waals surface area contributed by atoms with Gasteiger partial charge in [0.1, 0.15) is 0 Å². The Kier molecular flexibility index (Phi) is 4.74. The lowest BCUT2D eigenvalue weighted by Gasteiger charge is -2.14. The molecule has 17 heavy (non-hydrogen) atoms. The molecule has 0 radical (unpaired) electrons. The van der Waals surface area contributed by atoms with Crippen LogP contribution in [0.2, 0.25) is 0 Å². The fourth-order valence-electron chi connectivity index (χ4n) is 1.50. The largest absolute Gasteiger partial charge is 0.342 e. The van der Waals surface area contributed by atoms with Crippen molar-refractivity contribution in [3.8, 4) is 11.8 Å². The third kappa shape index (κ3) is 3.61. The fraction of sp³-hybridized carbons (Fsp3) is 0.357. The Morgan fingerprint density at radius 3 is 2.71 bits per heavy atom. The maximum Gasteiger partial charge on any atom is 0.253 e. The molecule has 0 aliphatic rings. The summed E-state index contributed by atoms with van der Waals surface area (Å²) in [5.41, 5.74) is 7.88. The number of amides is 1. The molecule has 0 atom stereocenters. The first kappa shape index (κ1) is 13.3. The third-order valence-electron chi connectivity index (χ3n) is 2.48. The second-order valence-corrected chi connectivity index (χ2v) is 3.91. The Hall–Kier alpha value is -1.79. The van der Waals surface area contributed by atoms with Gasteiger partial charge in [0.05, 0.1) is 6.54 Å². The SMILES string of the molecule is CCN(C)C(=O)c1cc(C)cc(C#CCN)c1. The molecule has 0 bridgehead atoms. The van der Waals surface area contributed by atoms with Crippen molar-refractivity contribution in [1.82, 2.24) is 4.90 Å². The molecule has 1 aromatic rings. The van der Waals surface area contributed by atoms with Crippen molar-refractivity contribution in [3.63, 3.8) is 0 Å². The molecule has 0 aliphatic carbocycles. The van der Waals surface area contributed by atoms with Gasteiger partial charge in [0.2, 0.25) is 0 Å². The first-order chi connectivity index (χ1) is 8.08. The number of nitrogens with two attached hydrogens (primary N) is 1. The van der Waals surface area contributed by atoms with E-state index in [2.05, 4.69) is 11.8 Å². The van der Waals surface area contributed by atoms with Gasteiger partial charge >= 0.3 is 0 Å². The zero-order valence-corrected chi connectivity index (χ0v) is 10.6. The molecule has 0 aliphatic heterocycles. The van der Waals surface area contributed by atoms with Crippen LogP contribution in [0.4, 0.5) is 0 Å². The summed E-state index contributed by atoms with van der Waals surface area (Å²) in [6, 6.07) is 5.64. The summed E-state index contributed by atoms with van der Waals surface area (Å²) in [4.78, 5) is 13.7. The quantitative estimate of drug-likeness (QED) is 0.781. The van der Waals surface area contributed by atoms with Crippen LogP contribution in [0.3, 0.4) is 0 Å². The maximum atomic E-state index is 12.0. The molecule has 1 aromatic carbocycles. The number of aryl methyl sites for hydroxylation is 1. The second kappa shape index (κ2) is 6.07. The first-order valence-corrected chi connectivity index (χ1v) is 5.64. The van der Waals surface area contributed by atoms with E-state index in [0.717, 1.165) is 11.1 Å². The van der Waals surface area contributed by atoms with Crippen LogP contribution in [0.5, 0.6) is 0 Å². The van der Waals surface area contributed by atoms with Crippen molar-refractivity contribution in [3.05, 3.63) is 34.9 Å². The van der Waals surface area contributed by atoms with Gasteiger partial charge in [-0.25, -0.2) is 0 Å². The molecule has 2 N–H and O–H groups in total. The van der Waals surface area contributed by atoms with Crippen LogP contribution < -0.4 is 5.73 Å². The summed E-state index contributed by atoms with van der Waals surface area (Å²) in [6.45, 7) is 4.92. The molecular weight excluding hydrogens is 212 g/mol. The van der Waals surface area contributed by atoms with E-state index < -0.39 is 0 Å². The standard InChI is InChI=1S/C14H18N2O/c1-4-16(3)14(17)13-9-11(2)8-12(10-13)6-5-7-15/h8-10H,4,7,15H2,1-3H3. The normalized spacial score (nSPS) is 9.41. The van der Waals surface area contributed by atoms with Crippen LogP contribution in [-0.4, -0.2) is 30.9 Å². The van der Waals surface area contributed by atoms with E-state index >= 15 is 0 Å². The van der Waals surface area contributed by atoms with Crippen LogP contribution in [0.1, 0.15) is 28.4 Å². The smallest absolute Gasteiger partial charge is 0.253 e. The van der Waals surface area contributed by atoms with Crippen LogP contribution >= 0.6 is 0 Å². The lowest BCUT2D eigenvalue weighted by Crippen LogP contribution is -2.26. The highest BCUT2D eigenvalue weighted by Crippen LogP contribution is 2.11. The number of rotatable bonds is 2. The summed E-state index contributed by atoms with van der Waals surface area (Å²) < 4.78 is 0. The lowest BCUT2D eigenvalue weighted by atomic mass is 10.1. The molecule has 90 valence electrons. The van der Waals surface area contributed by atoms with Crippen molar-refractivity contribution < 1.29 is 4.79 Å². The lowest BCUT2D eigenvalue weighted by molar-refractivity contribution is 0.0802. The number of hydrogen-bond acceptors (Lipinski definition) is 2. The summed E-state index contributed by atoms with van der Waals surface area (Å²) in [6.07, 6.45) is 0. The van der Waals surface area contributed by atoms with E-state index in [9.17, 15) is 4.79 Å². The molecule has 3 heteroatoms. The first-order valence-electron chi connectivity index (χ1n) is 5.64. The van der Waals surface area contributed by atoms with Crippen LogP contribution in [0, 0.1) is 18.8 Å². The third-order valence-corrected chi connectivity index (χ3v) is 2.48. The minimum Gasteiger partial charge on any atom is -0.342 e. The van der Waals surface area contributed by atoms with E-state index in [4.69, 9.17) is 5.73 Å². The molecule has 1 rings (SSSR count). The molecule has 1 amide bonds. The summed E-state index contributed by atoms with van der Waals surface area (Å²) in [7, 11) is 1.79. The number of carbonyl (C=O) groups excluding carboxylic acids is 1. The monoisotopic (exact) mass is 230 g/mol. The van der Waals surface area contributed by atoms with Crippen molar-refractivity contribution in [1.29, 1.82) is 0 Å². The Labute approximate surface area is 103 Å². The van der Waals surface area contributed by atoms with Gasteiger partial charge in [0.25, 0.3) is 5.91 Å². The highest BCUT2D eigenvalue weighted by atomic mass is 16.2. The van der Waals surface area contributed by atoms with E-state index in [1.54, 1.807) is 11.9 Å². The van der Waals surface area contributed by atoms with Crippen molar-refractivity contribution in [2.45, 2.75) is 13.8 Å². The molecule has 0 aromatic heterocycles. The summed E-state index contributed by atoms with van der Waals surface area (Å²) >= 11 is 0. The highest BCUT2D eigenvalue weighted by Gasteiger charge is 2.10. The highest BCUT2D eigenvalue weighted by molar-refractivity contribution is 5.94. The Morgan fingerprint density at radius 1 is 1.41 bits per heavy atom. The molecule has 0 heterocycles. The molecule has 3 nitrogen and oxygen atoms in total. The van der Waals surface area contributed by atoms with Gasteiger partial charge in [-0.2, -0.15) is 0 Å². The molecular formula is C14H18N2O. The van der Waals surface area contributed by atoms with Gasteiger partial charge in [0.15, 0.2) is 0 Å². The van der Waals surface area contributed by atoms with E-state index in [-0.39, 0.29) is 5.91 Å². The van der Waals surface area contributed by atoms with Gasteiger partial charge in [-0.15, -0.1) is 0 Å². The molecule has 0 fully saturated rings.